The van der Waals surface area contributed by atoms with Crippen LogP contribution in [0.15, 0.2) is 50.1 Å². The summed E-state index contributed by atoms with van der Waals surface area (Å²) in [6.45, 7) is 0.653. The zero-order valence-corrected chi connectivity index (χ0v) is 12.5. The first kappa shape index (κ1) is 11.9. The third kappa shape index (κ3) is 2.33. The van der Waals surface area contributed by atoms with E-state index in [2.05, 4.69) is 60.4 Å². The molecule has 2 aromatic heterocycles. The van der Waals surface area contributed by atoms with Crippen LogP contribution in [0.3, 0.4) is 0 Å². The molecule has 18 heavy (non-hydrogen) atoms. The number of benzene rings is 1. The van der Waals surface area contributed by atoms with Crippen LogP contribution in [0.25, 0.3) is 10.9 Å². The second-order valence-corrected chi connectivity index (χ2v) is 5.54. The highest BCUT2D eigenvalue weighted by atomic mass is 79.9. The molecule has 0 spiro atoms. The second-order valence-electron chi connectivity index (χ2n) is 3.97. The van der Waals surface area contributed by atoms with Gasteiger partial charge in [0.25, 0.3) is 0 Å². The maximum atomic E-state index is 5.51. The zero-order valence-electron chi connectivity index (χ0n) is 9.34. The minimum Gasteiger partial charge on any atom is -0.451 e. The summed E-state index contributed by atoms with van der Waals surface area (Å²) in [4.78, 5) is 3.17. The van der Waals surface area contributed by atoms with E-state index < -0.39 is 0 Å². The van der Waals surface area contributed by atoms with Gasteiger partial charge in [-0.1, -0.05) is 0 Å². The molecule has 0 fully saturated rings. The quantitative estimate of drug-likeness (QED) is 0.689. The smallest absolute Gasteiger partial charge is 0.183 e. The summed E-state index contributed by atoms with van der Waals surface area (Å²) >= 11 is 6.72. The Morgan fingerprint density at radius 1 is 1.17 bits per heavy atom. The molecule has 3 rings (SSSR count). The number of aromatic nitrogens is 1. The maximum absolute atomic E-state index is 5.51. The number of H-pyrrole nitrogens is 1. The van der Waals surface area contributed by atoms with Crippen LogP contribution in [-0.2, 0) is 6.54 Å². The number of rotatable bonds is 3. The molecule has 0 saturated carbocycles. The molecular weight excluding hydrogens is 360 g/mol. The van der Waals surface area contributed by atoms with Crippen molar-refractivity contribution in [3.8, 4) is 0 Å². The molecule has 0 saturated heterocycles. The minimum atomic E-state index is 0.653. The number of furan rings is 1. The standard InChI is InChI=1S/C13H10Br2N2O/c14-11-6-10(18-13(11)15)7-17-9-1-2-12-8(5-9)3-4-16-12/h1-6,16-17H,7H2. The Morgan fingerprint density at radius 3 is 2.83 bits per heavy atom. The summed E-state index contributed by atoms with van der Waals surface area (Å²) in [6.07, 6.45) is 1.94. The first-order valence-corrected chi connectivity index (χ1v) is 7.06. The van der Waals surface area contributed by atoms with Crippen molar-refractivity contribution in [3.63, 3.8) is 0 Å². The highest BCUT2D eigenvalue weighted by Gasteiger charge is 2.05. The molecule has 0 aliphatic rings. The van der Waals surface area contributed by atoms with Crippen LogP contribution in [0.2, 0.25) is 0 Å². The Hall–Kier alpha value is -1.20. The molecule has 0 radical (unpaired) electrons. The molecule has 0 atom stereocenters. The fourth-order valence-corrected chi connectivity index (χ4v) is 2.49. The van der Waals surface area contributed by atoms with E-state index in [1.54, 1.807) is 0 Å². The number of nitrogens with one attached hydrogen (secondary N) is 2. The lowest BCUT2D eigenvalue weighted by Gasteiger charge is -2.04. The molecule has 0 aliphatic heterocycles. The van der Waals surface area contributed by atoms with Crippen LogP contribution in [-0.4, -0.2) is 4.98 Å². The average Bonchev–Trinajstić information content (AvgIpc) is 2.94. The fraction of sp³-hybridized carbons (Fsp3) is 0.0769. The molecule has 0 unspecified atom stereocenters. The highest BCUT2D eigenvalue weighted by Crippen LogP contribution is 2.27. The van der Waals surface area contributed by atoms with E-state index in [1.807, 2.05) is 18.3 Å². The van der Waals surface area contributed by atoms with Crippen molar-refractivity contribution in [1.82, 2.24) is 4.98 Å². The summed E-state index contributed by atoms with van der Waals surface area (Å²) in [5.41, 5.74) is 2.22. The molecule has 0 bridgehead atoms. The molecule has 0 amide bonds. The van der Waals surface area contributed by atoms with Gasteiger partial charge in [-0.2, -0.15) is 0 Å². The van der Waals surface area contributed by atoms with Crippen molar-refractivity contribution < 1.29 is 4.42 Å². The van der Waals surface area contributed by atoms with E-state index in [0.29, 0.717) is 6.54 Å². The highest BCUT2D eigenvalue weighted by molar-refractivity contribution is 9.13. The van der Waals surface area contributed by atoms with Gasteiger partial charge < -0.3 is 14.7 Å². The van der Waals surface area contributed by atoms with Crippen LogP contribution >= 0.6 is 31.9 Å². The number of hydrogen-bond donors (Lipinski definition) is 2. The Bertz CT molecular complexity index is 668. The second kappa shape index (κ2) is 4.82. The summed E-state index contributed by atoms with van der Waals surface area (Å²) in [7, 11) is 0. The number of halogens is 2. The molecular formula is C13H10Br2N2O. The van der Waals surface area contributed by atoms with Crippen molar-refractivity contribution in [2.24, 2.45) is 0 Å². The molecule has 1 aromatic carbocycles. The van der Waals surface area contributed by atoms with E-state index in [1.165, 1.54) is 5.39 Å². The van der Waals surface area contributed by atoms with Gasteiger partial charge in [-0.15, -0.1) is 0 Å². The molecule has 2 N–H and O–H groups in total. The summed E-state index contributed by atoms with van der Waals surface area (Å²) in [5.74, 6) is 0.878. The summed E-state index contributed by atoms with van der Waals surface area (Å²) in [5, 5.41) is 4.53. The van der Waals surface area contributed by atoms with Crippen LogP contribution < -0.4 is 5.32 Å². The Morgan fingerprint density at radius 2 is 2.06 bits per heavy atom. The van der Waals surface area contributed by atoms with Gasteiger partial charge in [0.1, 0.15) is 5.76 Å². The number of fused-ring (bicyclic) bond motifs is 1. The largest absolute Gasteiger partial charge is 0.451 e. The van der Waals surface area contributed by atoms with Gasteiger partial charge >= 0.3 is 0 Å². The van der Waals surface area contributed by atoms with E-state index >= 15 is 0 Å². The van der Waals surface area contributed by atoms with Gasteiger partial charge in [0, 0.05) is 22.8 Å². The van der Waals surface area contributed by atoms with E-state index in [0.717, 1.165) is 26.1 Å². The zero-order chi connectivity index (χ0) is 12.5. The lowest BCUT2D eigenvalue weighted by molar-refractivity contribution is 0.494. The van der Waals surface area contributed by atoms with Crippen molar-refractivity contribution in [1.29, 1.82) is 0 Å². The van der Waals surface area contributed by atoms with Crippen LogP contribution in [0.5, 0.6) is 0 Å². The SMILES string of the molecule is Brc1cc(CNc2ccc3[nH]ccc3c2)oc1Br. The first-order chi connectivity index (χ1) is 8.72. The molecule has 3 nitrogen and oxygen atoms in total. The number of aromatic amines is 1. The van der Waals surface area contributed by atoms with Crippen molar-refractivity contribution in [3.05, 3.63) is 51.4 Å². The van der Waals surface area contributed by atoms with Gasteiger partial charge in [-0.3, -0.25) is 0 Å². The lowest BCUT2D eigenvalue weighted by Crippen LogP contribution is -1.97. The third-order valence-electron chi connectivity index (χ3n) is 2.72. The normalized spacial score (nSPS) is 11.0. The van der Waals surface area contributed by atoms with E-state index in [4.69, 9.17) is 4.42 Å². The predicted octanol–water partition coefficient (Wildman–Crippen LogP) is 4.90. The summed E-state index contributed by atoms with van der Waals surface area (Å²) < 4.78 is 7.16. The predicted molar refractivity (Wildman–Crippen MR) is 79.7 cm³/mol. The molecule has 2 heterocycles. The molecule has 92 valence electrons. The lowest BCUT2D eigenvalue weighted by atomic mass is 10.2. The van der Waals surface area contributed by atoms with Crippen molar-refractivity contribution >= 4 is 48.5 Å². The van der Waals surface area contributed by atoms with E-state index in [-0.39, 0.29) is 0 Å². The van der Waals surface area contributed by atoms with Gasteiger partial charge in [-0.25, -0.2) is 0 Å². The van der Waals surface area contributed by atoms with Crippen LogP contribution in [0, 0.1) is 0 Å². The molecule has 0 aliphatic carbocycles. The number of anilines is 1. The maximum Gasteiger partial charge on any atom is 0.183 e. The van der Waals surface area contributed by atoms with Crippen molar-refractivity contribution in [2.45, 2.75) is 6.54 Å². The van der Waals surface area contributed by atoms with Gasteiger partial charge in [0.05, 0.1) is 11.0 Å². The van der Waals surface area contributed by atoms with Crippen LogP contribution in [0.1, 0.15) is 5.76 Å². The van der Waals surface area contributed by atoms with Crippen LogP contribution in [0.4, 0.5) is 5.69 Å². The Labute approximate surface area is 121 Å². The fourth-order valence-electron chi connectivity index (χ4n) is 1.83. The average molecular weight is 370 g/mol. The van der Waals surface area contributed by atoms with Gasteiger partial charge in [0.15, 0.2) is 4.67 Å². The Kier molecular flexibility index (Phi) is 3.18. The van der Waals surface area contributed by atoms with E-state index in [9.17, 15) is 0 Å². The first-order valence-electron chi connectivity index (χ1n) is 5.47. The minimum absolute atomic E-state index is 0.653. The third-order valence-corrected chi connectivity index (χ3v) is 4.43. The topological polar surface area (TPSA) is 41.0 Å². The molecule has 5 heteroatoms. The molecule has 3 aromatic rings. The monoisotopic (exact) mass is 368 g/mol. The van der Waals surface area contributed by atoms with Crippen molar-refractivity contribution in [2.75, 3.05) is 5.32 Å². The Balaban J connectivity index is 1.76. The van der Waals surface area contributed by atoms with Gasteiger partial charge in [-0.05, 0) is 62.2 Å². The summed E-state index contributed by atoms with van der Waals surface area (Å²) in [6, 6.07) is 10.2. The number of hydrogen-bond acceptors (Lipinski definition) is 2. The van der Waals surface area contributed by atoms with Gasteiger partial charge in [0.2, 0.25) is 0 Å².